The van der Waals surface area contributed by atoms with Crippen LogP contribution in [0.25, 0.3) is 0 Å². The number of nitrogens with one attached hydrogen (secondary N) is 2. The Labute approximate surface area is 189 Å². The Balaban J connectivity index is 1.40. The Kier molecular flexibility index (Phi) is 6.99. The number of piperidine rings is 1. The Morgan fingerprint density at radius 2 is 1.97 bits per heavy atom. The second kappa shape index (κ2) is 10.1. The van der Waals surface area contributed by atoms with Crippen LogP contribution in [0.4, 0.5) is 5.82 Å². The minimum absolute atomic E-state index is 0.0121. The van der Waals surface area contributed by atoms with E-state index < -0.39 is 0 Å². The zero-order chi connectivity index (χ0) is 22.5. The van der Waals surface area contributed by atoms with Gasteiger partial charge in [-0.25, -0.2) is 9.97 Å². The van der Waals surface area contributed by atoms with Crippen molar-refractivity contribution in [2.24, 2.45) is 5.92 Å². The van der Waals surface area contributed by atoms with Crippen LogP contribution in [-0.2, 0) is 22.7 Å². The molecule has 0 bridgehead atoms. The lowest BCUT2D eigenvalue weighted by Crippen LogP contribution is -2.34. The molecule has 2 fully saturated rings. The van der Waals surface area contributed by atoms with Gasteiger partial charge in [0, 0.05) is 45.6 Å². The normalized spacial score (nSPS) is 19.2. The fraction of sp³-hybridized carbons (Fsp3) is 0.500. The molecule has 0 spiro atoms. The molecule has 0 aliphatic carbocycles. The molecule has 32 heavy (non-hydrogen) atoms. The molecule has 3 heterocycles. The van der Waals surface area contributed by atoms with Gasteiger partial charge in [0.05, 0.1) is 18.2 Å². The van der Waals surface area contributed by atoms with Crippen molar-refractivity contribution in [2.45, 2.75) is 38.3 Å². The van der Waals surface area contributed by atoms with Crippen LogP contribution in [0, 0.1) is 5.92 Å². The minimum Gasteiger partial charge on any atom is -0.373 e. The summed E-state index contributed by atoms with van der Waals surface area (Å²) in [5.41, 5.74) is 1.90. The van der Waals surface area contributed by atoms with Crippen LogP contribution in [0.15, 0.2) is 36.4 Å². The maximum Gasteiger partial charge on any atom is 0.228 e. The van der Waals surface area contributed by atoms with E-state index in [0.29, 0.717) is 25.6 Å². The molecule has 8 nitrogen and oxygen atoms in total. The van der Waals surface area contributed by atoms with Crippen LogP contribution in [0.3, 0.4) is 0 Å². The van der Waals surface area contributed by atoms with Crippen molar-refractivity contribution < 1.29 is 9.59 Å². The van der Waals surface area contributed by atoms with Crippen molar-refractivity contribution in [3.05, 3.63) is 53.5 Å². The highest BCUT2D eigenvalue weighted by Crippen LogP contribution is 2.25. The lowest BCUT2D eigenvalue weighted by atomic mass is 9.97. The largest absolute Gasteiger partial charge is 0.373 e. The van der Waals surface area contributed by atoms with Gasteiger partial charge in [0.15, 0.2) is 0 Å². The van der Waals surface area contributed by atoms with E-state index in [0.717, 1.165) is 48.8 Å². The van der Waals surface area contributed by atoms with E-state index in [1.165, 1.54) is 0 Å². The molecular weight excluding hydrogens is 404 g/mol. The first-order valence-electron chi connectivity index (χ1n) is 11.4. The molecule has 0 unspecified atom stereocenters. The molecule has 2 aromatic rings. The van der Waals surface area contributed by atoms with Crippen LogP contribution >= 0.6 is 0 Å². The highest BCUT2D eigenvalue weighted by molar-refractivity contribution is 5.89. The summed E-state index contributed by atoms with van der Waals surface area (Å²) < 4.78 is 0. The van der Waals surface area contributed by atoms with E-state index in [4.69, 9.17) is 4.98 Å². The number of rotatable bonds is 7. The number of aromatic nitrogens is 2. The second-order valence-corrected chi connectivity index (χ2v) is 8.73. The number of carbonyl (C=O) groups excluding carboxylic acids is 2. The fourth-order valence-corrected chi connectivity index (χ4v) is 4.52. The van der Waals surface area contributed by atoms with Gasteiger partial charge in [-0.05, 0) is 31.5 Å². The minimum atomic E-state index is -0.314. The van der Waals surface area contributed by atoms with Crippen molar-refractivity contribution >= 4 is 17.6 Å². The molecule has 2 aliphatic heterocycles. The van der Waals surface area contributed by atoms with E-state index >= 15 is 0 Å². The average Bonchev–Trinajstić information content (AvgIpc) is 3.19. The summed E-state index contributed by atoms with van der Waals surface area (Å²) in [6, 6.07) is 11.8. The van der Waals surface area contributed by atoms with Gasteiger partial charge in [-0.2, -0.15) is 0 Å². The van der Waals surface area contributed by atoms with Gasteiger partial charge >= 0.3 is 0 Å². The van der Waals surface area contributed by atoms with Gasteiger partial charge in [-0.3, -0.25) is 9.59 Å². The molecule has 4 rings (SSSR count). The van der Waals surface area contributed by atoms with Gasteiger partial charge in [-0.1, -0.05) is 30.3 Å². The van der Waals surface area contributed by atoms with Crippen molar-refractivity contribution in [2.75, 3.05) is 39.0 Å². The zero-order valence-corrected chi connectivity index (χ0v) is 18.9. The Morgan fingerprint density at radius 3 is 2.69 bits per heavy atom. The van der Waals surface area contributed by atoms with Crippen LogP contribution in [0.2, 0.25) is 0 Å². The number of carbonyl (C=O) groups is 2. The lowest BCUT2D eigenvalue weighted by molar-refractivity contribution is -0.135. The molecule has 0 saturated carbocycles. The van der Waals surface area contributed by atoms with E-state index in [9.17, 15) is 9.59 Å². The molecule has 2 saturated heterocycles. The van der Waals surface area contributed by atoms with Gasteiger partial charge in [0.2, 0.25) is 11.8 Å². The number of hydrogen-bond donors (Lipinski definition) is 2. The zero-order valence-electron chi connectivity index (χ0n) is 18.9. The summed E-state index contributed by atoms with van der Waals surface area (Å²) in [6.45, 7) is 3.35. The molecular formula is C24H32N6O2. The maximum absolute atomic E-state index is 13.1. The van der Waals surface area contributed by atoms with Crippen molar-refractivity contribution in [1.82, 2.24) is 25.1 Å². The fourth-order valence-electron chi connectivity index (χ4n) is 4.52. The summed E-state index contributed by atoms with van der Waals surface area (Å²) in [5, 5.41) is 6.49. The molecule has 1 atom stereocenters. The van der Waals surface area contributed by atoms with E-state index in [-0.39, 0.29) is 24.2 Å². The third-order valence-corrected chi connectivity index (χ3v) is 6.31. The van der Waals surface area contributed by atoms with Crippen LogP contribution in [0.1, 0.15) is 42.3 Å². The number of hydrogen-bond acceptors (Lipinski definition) is 6. The van der Waals surface area contributed by atoms with E-state index in [1.807, 2.05) is 43.4 Å². The topological polar surface area (TPSA) is 90.5 Å². The monoisotopic (exact) mass is 436 g/mol. The second-order valence-electron chi connectivity index (χ2n) is 8.73. The molecule has 0 radical (unpaired) electrons. The number of nitrogens with zero attached hydrogens (tertiary/aromatic N) is 4. The third kappa shape index (κ3) is 5.24. The van der Waals surface area contributed by atoms with Crippen molar-refractivity contribution in [1.29, 1.82) is 0 Å². The van der Waals surface area contributed by atoms with E-state index in [1.54, 1.807) is 16.8 Å². The summed E-state index contributed by atoms with van der Waals surface area (Å²) in [7, 11) is 3.64. The Morgan fingerprint density at radius 1 is 1.22 bits per heavy atom. The first kappa shape index (κ1) is 22.2. The van der Waals surface area contributed by atoms with Crippen molar-refractivity contribution in [3.63, 3.8) is 0 Å². The number of amides is 2. The highest BCUT2D eigenvalue weighted by atomic mass is 16.2. The predicted octanol–water partition coefficient (Wildman–Crippen LogP) is 1.99. The summed E-state index contributed by atoms with van der Waals surface area (Å²) in [5.74, 6) is 1.66. The van der Waals surface area contributed by atoms with E-state index in [2.05, 4.69) is 15.6 Å². The molecule has 170 valence electrons. The SMILES string of the molecule is CNc1cc(CN(C)C(=O)[C@@H]2CC(=O)N(Cc3ccccc3)C2)nc(C2CCNCC2)n1. The number of anilines is 1. The van der Waals surface area contributed by atoms with Gasteiger partial charge < -0.3 is 20.4 Å². The average molecular weight is 437 g/mol. The first-order chi connectivity index (χ1) is 15.5. The lowest BCUT2D eigenvalue weighted by Gasteiger charge is -2.24. The van der Waals surface area contributed by atoms with Crippen molar-refractivity contribution in [3.8, 4) is 0 Å². The molecule has 2 aliphatic rings. The van der Waals surface area contributed by atoms with Gasteiger partial charge in [0.25, 0.3) is 0 Å². The Bertz CT molecular complexity index is 945. The van der Waals surface area contributed by atoms with Gasteiger partial charge in [-0.15, -0.1) is 0 Å². The Hall–Kier alpha value is -3.00. The smallest absolute Gasteiger partial charge is 0.228 e. The molecule has 1 aromatic heterocycles. The summed E-state index contributed by atoms with van der Waals surface area (Å²) >= 11 is 0. The summed E-state index contributed by atoms with van der Waals surface area (Å²) in [6.07, 6.45) is 2.30. The molecule has 8 heteroatoms. The quantitative estimate of drug-likeness (QED) is 0.690. The highest BCUT2D eigenvalue weighted by Gasteiger charge is 2.35. The predicted molar refractivity (Wildman–Crippen MR) is 123 cm³/mol. The number of benzene rings is 1. The van der Waals surface area contributed by atoms with Crippen LogP contribution in [-0.4, -0.2) is 65.3 Å². The van der Waals surface area contributed by atoms with Gasteiger partial charge in [0.1, 0.15) is 11.6 Å². The van der Waals surface area contributed by atoms with Crippen LogP contribution < -0.4 is 10.6 Å². The maximum atomic E-state index is 13.1. The third-order valence-electron chi connectivity index (χ3n) is 6.31. The van der Waals surface area contributed by atoms with Crippen LogP contribution in [0.5, 0.6) is 0 Å². The number of likely N-dealkylation sites (tertiary alicyclic amines) is 1. The first-order valence-corrected chi connectivity index (χ1v) is 11.4. The molecule has 2 amide bonds. The summed E-state index contributed by atoms with van der Waals surface area (Å²) in [4.78, 5) is 38.5. The molecule has 2 N–H and O–H groups in total. The molecule has 1 aromatic carbocycles. The standard InChI is InChI=1S/C24H32N6O2/c1-25-21-13-20(27-23(28-21)18-8-10-26-11-9-18)16-29(2)24(32)19-12-22(31)30(15-19)14-17-6-4-3-5-7-17/h3-7,13,18-19,26H,8-12,14-16H2,1-2H3,(H,25,27,28)/t19-/m1/s1.